The van der Waals surface area contributed by atoms with Crippen molar-refractivity contribution in [2.75, 3.05) is 13.2 Å². The highest BCUT2D eigenvalue weighted by atomic mass is 16.5. The molecule has 0 unspecified atom stereocenters. The van der Waals surface area contributed by atoms with Crippen molar-refractivity contribution in [3.05, 3.63) is 59.7 Å². The molecule has 2 saturated heterocycles. The van der Waals surface area contributed by atoms with Gasteiger partial charge >= 0.3 is 12.1 Å². The summed E-state index contributed by atoms with van der Waals surface area (Å²) in [5.74, 6) is -1.07. The summed E-state index contributed by atoms with van der Waals surface area (Å²) in [5.41, 5.74) is 4.78. The monoisotopic (exact) mass is 476 g/mol. The van der Waals surface area contributed by atoms with Crippen LogP contribution in [0, 0.1) is 5.92 Å². The van der Waals surface area contributed by atoms with Gasteiger partial charge in [-0.15, -0.1) is 0 Å². The molecule has 2 amide bonds. The van der Waals surface area contributed by atoms with Crippen molar-refractivity contribution in [1.82, 2.24) is 10.2 Å². The maximum atomic E-state index is 12.6. The summed E-state index contributed by atoms with van der Waals surface area (Å²) in [5, 5.41) is 12.2. The molecule has 2 aromatic carbocycles. The maximum absolute atomic E-state index is 12.6. The standard InChI is InChI=1S/C28H32N2O5/c31-26(30-18-13-14-25(30)23(16-18)27(32)33)12-2-1-7-15-29-28(34)35-17-24-21-10-5-3-8-19(21)20-9-4-6-11-22(20)24/h3-6,8-11,18,23-25H,1-2,7,12-17H2,(H,29,34)(H,32,33)/t18-,23+,25+/m1/s1. The number of hydrogen-bond donors (Lipinski definition) is 2. The van der Waals surface area contributed by atoms with Crippen LogP contribution in [0.3, 0.4) is 0 Å². The van der Waals surface area contributed by atoms with Crippen LogP contribution in [0.1, 0.15) is 62.0 Å². The zero-order chi connectivity index (χ0) is 24.4. The molecule has 0 saturated carbocycles. The molecule has 35 heavy (non-hydrogen) atoms. The van der Waals surface area contributed by atoms with Crippen LogP contribution in [-0.4, -0.2) is 53.2 Å². The average Bonchev–Trinajstić information content (AvgIpc) is 3.54. The Kier molecular flexibility index (Phi) is 6.75. The van der Waals surface area contributed by atoms with E-state index in [4.69, 9.17) is 4.74 Å². The minimum Gasteiger partial charge on any atom is -0.481 e. The number of carbonyl (C=O) groups is 3. The van der Waals surface area contributed by atoms with E-state index in [0.29, 0.717) is 26.0 Å². The number of fused-ring (bicyclic) bond motifs is 5. The first-order chi connectivity index (χ1) is 17.0. The van der Waals surface area contributed by atoms with E-state index in [1.54, 1.807) is 0 Å². The lowest BCUT2D eigenvalue weighted by Crippen LogP contribution is -2.37. The van der Waals surface area contributed by atoms with Crippen molar-refractivity contribution in [1.29, 1.82) is 0 Å². The van der Waals surface area contributed by atoms with E-state index in [1.807, 2.05) is 29.2 Å². The highest BCUT2D eigenvalue weighted by Gasteiger charge is 2.50. The highest BCUT2D eigenvalue weighted by Crippen LogP contribution is 2.44. The Morgan fingerprint density at radius 1 is 0.943 bits per heavy atom. The number of carboxylic acid groups (broad SMARTS) is 1. The van der Waals surface area contributed by atoms with Crippen LogP contribution in [0.2, 0.25) is 0 Å². The van der Waals surface area contributed by atoms with Crippen molar-refractivity contribution >= 4 is 18.0 Å². The molecule has 0 aromatic heterocycles. The van der Waals surface area contributed by atoms with Crippen LogP contribution in [0.4, 0.5) is 4.79 Å². The van der Waals surface area contributed by atoms with E-state index in [-0.39, 0.29) is 23.9 Å². The van der Waals surface area contributed by atoms with Crippen molar-refractivity contribution in [3.63, 3.8) is 0 Å². The van der Waals surface area contributed by atoms with E-state index >= 15 is 0 Å². The van der Waals surface area contributed by atoms with Gasteiger partial charge in [0, 0.05) is 31.0 Å². The molecule has 0 radical (unpaired) electrons. The summed E-state index contributed by atoms with van der Waals surface area (Å²) in [4.78, 5) is 38.1. The average molecular weight is 477 g/mol. The lowest BCUT2D eigenvalue weighted by atomic mass is 9.89. The van der Waals surface area contributed by atoms with Gasteiger partial charge in [-0.1, -0.05) is 55.0 Å². The van der Waals surface area contributed by atoms with E-state index in [9.17, 15) is 19.5 Å². The van der Waals surface area contributed by atoms with Crippen LogP contribution in [0.15, 0.2) is 48.5 Å². The molecule has 2 bridgehead atoms. The summed E-state index contributed by atoms with van der Waals surface area (Å²) >= 11 is 0. The van der Waals surface area contributed by atoms with E-state index in [2.05, 4.69) is 29.6 Å². The van der Waals surface area contributed by atoms with Crippen molar-refractivity contribution < 1.29 is 24.2 Å². The number of aliphatic carboxylic acids is 1. The zero-order valence-electron chi connectivity index (χ0n) is 19.8. The van der Waals surface area contributed by atoms with Gasteiger partial charge in [0.05, 0.1) is 5.92 Å². The second-order valence-electron chi connectivity index (χ2n) is 9.84. The Hall–Kier alpha value is -3.35. The lowest BCUT2D eigenvalue weighted by molar-refractivity contribution is -0.143. The van der Waals surface area contributed by atoms with Gasteiger partial charge < -0.3 is 20.1 Å². The molecule has 0 spiro atoms. The molecule has 2 N–H and O–H groups in total. The second kappa shape index (κ2) is 10.1. The first-order valence-corrected chi connectivity index (χ1v) is 12.7. The van der Waals surface area contributed by atoms with E-state index in [0.717, 1.165) is 32.1 Å². The SMILES string of the molecule is O=C(NCCCCCC(=O)N1[C@@H]2CC[C@H]1[C@@H](C(=O)O)C2)OCC1c2ccccc2-c2ccccc21. The minimum absolute atomic E-state index is 0.0424. The van der Waals surface area contributed by atoms with Gasteiger partial charge in [-0.25, -0.2) is 4.79 Å². The molecular formula is C28H32N2O5. The predicted octanol–water partition coefficient (Wildman–Crippen LogP) is 4.55. The Morgan fingerprint density at radius 2 is 1.63 bits per heavy atom. The topological polar surface area (TPSA) is 95.9 Å². The number of ether oxygens (including phenoxy) is 1. The van der Waals surface area contributed by atoms with Gasteiger partial charge in [-0.05, 0) is 54.4 Å². The number of amides is 2. The fourth-order valence-corrected chi connectivity index (χ4v) is 6.19. The largest absolute Gasteiger partial charge is 0.481 e. The number of alkyl carbamates (subject to hydrolysis) is 1. The van der Waals surface area contributed by atoms with Crippen molar-refractivity contribution in [3.8, 4) is 11.1 Å². The summed E-state index contributed by atoms with van der Waals surface area (Å²) in [6.07, 6.45) is 4.65. The van der Waals surface area contributed by atoms with Gasteiger partial charge in [-0.2, -0.15) is 0 Å². The number of nitrogens with zero attached hydrogens (tertiary/aromatic N) is 1. The van der Waals surface area contributed by atoms with Crippen molar-refractivity contribution in [2.45, 2.75) is 62.9 Å². The fourth-order valence-electron chi connectivity index (χ4n) is 6.19. The van der Waals surface area contributed by atoms with Gasteiger partial charge in [0.15, 0.2) is 0 Å². The maximum Gasteiger partial charge on any atom is 0.407 e. The van der Waals surface area contributed by atoms with Gasteiger partial charge in [0.1, 0.15) is 6.61 Å². The Labute approximate surface area is 205 Å². The molecule has 184 valence electrons. The number of hydrogen-bond acceptors (Lipinski definition) is 4. The zero-order valence-corrected chi connectivity index (χ0v) is 19.8. The third-order valence-corrected chi connectivity index (χ3v) is 7.82. The highest BCUT2D eigenvalue weighted by molar-refractivity contribution is 5.81. The lowest BCUT2D eigenvalue weighted by Gasteiger charge is -2.23. The van der Waals surface area contributed by atoms with Crippen LogP contribution in [-0.2, 0) is 14.3 Å². The molecule has 1 aliphatic carbocycles. The molecule has 7 heteroatoms. The predicted molar refractivity (Wildman–Crippen MR) is 131 cm³/mol. The van der Waals surface area contributed by atoms with Gasteiger partial charge in [0.2, 0.25) is 5.91 Å². The number of carbonyl (C=O) groups excluding carboxylic acids is 2. The van der Waals surface area contributed by atoms with Crippen LogP contribution in [0.5, 0.6) is 0 Å². The third-order valence-electron chi connectivity index (χ3n) is 7.82. The minimum atomic E-state index is -0.783. The smallest absolute Gasteiger partial charge is 0.407 e. The number of rotatable bonds is 9. The number of benzene rings is 2. The summed E-state index contributed by atoms with van der Waals surface area (Å²) in [6, 6.07) is 16.5. The third kappa shape index (κ3) is 4.64. The molecule has 2 aliphatic heterocycles. The second-order valence-corrected chi connectivity index (χ2v) is 9.84. The number of carboxylic acids is 1. The van der Waals surface area contributed by atoms with Gasteiger partial charge in [0.25, 0.3) is 0 Å². The molecule has 3 aliphatic rings. The summed E-state index contributed by atoms with van der Waals surface area (Å²) in [6.45, 7) is 0.796. The van der Waals surface area contributed by atoms with Crippen LogP contribution < -0.4 is 5.32 Å². The molecule has 2 aromatic rings. The van der Waals surface area contributed by atoms with Crippen molar-refractivity contribution in [2.24, 2.45) is 5.92 Å². The Balaban J connectivity index is 1.01. The van der Waals surface area contributed by atoms with Crippen LogP contribution >= 0.6 is 0 Å². The quantitative estimate of drug-likeness (QED) is 0.518. The van der Waals surface area contributed by atoms with Crippen LogP contribution in [0.25, 0.3) is 11.1 Å². The first kappa shape index (κ1) is 23.4. The number of unbranched alkanes of at least 4 members (excludes halogenated alkanes) is 2. The summed E-state index contributed by atoms with van der Waals surface area (Å²) in [7, 11) is 0. The first-order valence-electron chi connectivity index (χ1n) is 12.7. The van der Waals surface area contributed by atoms with E-state index in [1.165, 1.54) is 22.3 Å². The molecule has 5 rings (SSSR count). The molecule has 2 heterocycles. The molecule has 3 atom stereocenters. The fraction of sp³-hybridized carbons (Fsp3) is 0.464. The summed E-state index contributed by atoms with van der Waals surface area (Å²) < 4.78 is 5.55. The molecule has 7 nitrogen and oxygen atoms in total. The van der Waals surface area contributed by atoms with E-state index < -0.39 is 18.0 Å². The molecule has 2 fully saturated rings. The Bertz CT molecular complexity index is 1070. The van der Waals surface area contributed by atoms with Gasteiger partial charge in [-0.3, -0.25) is 9.59 Å². The number of nitrogens with one attached hydrogen (secondary N) is 1. The molecular weight excluding hydrogens is 444 g/mol. The normalized spacial score (nSPS) is 22.1. The Morgan fingerprint density at radius 3 is 2.29 bits per heavy atom.